The van der Waals surface area contributed by atoms with Gasteiger partial charge in [0, 0.05) is 63.4 Å². The molecule has 0 saturated carbocycles. The molecule has 27 heavy (non-hydrogen) atoms. The number of likely N-dealkylation sites (tertiary alicyclic amines) is 1. The van der Waals surface area contributed by atoms with Gasteiger partial charge in [-0.15, -0.1) is 12.4 Å². The van der Waals surface area contributed by atoms with Gasteiger partial charge in [-0.3, -0.25) is 14.3 Å². The maximum absolute atomic E-state index is 13.3. The van der Waals surface area contributed by atoms with E-state index >= 15 is 0 Å². The number of hydrogen-bond acceptors (Lipinski definition) is 5. The Morgan fingerprint density at radius 3 is 2.67 bits per heavy atom. The van der Waals surface area contributed by atoms with Crippen LogP contribution >= 0.6 is 24.2 Å². The summed E-state index contributed by atoms with van der Waals surface area (Å²) in [4.78, 5) is 30.1. The second-order valence-electron chi connectivity index (χ2n) is 7.45. The van der Waals surface area contributed by atoms with E-state index in [2.05, 4.69) is 10.4 Å². The van der Waals surface area contributed by atoms with Gasteiger partial charge >= 0.3 is 0 Å². The highest BCUT2D eigenvalue weighted by Gasteiger charge is 2.43. The van der Waals surface area contributed by atoms with Gasteiger partial charge in [0.25, 0.3) is 0 Å². The summed E-state index contributed by atoms with van der Waals surface area (Å²) in [6.07, 6.45) is 5.57. The smallest absolute Gasteiger partial charge is 0.245 e. The van der Waals surface area contributed by atoms with Gasteiger partial charge < -0.3 is 15.1 Å². The van der Waals surface area contributed by atoms with Gasteiger partial charge in [0.05, 0.1) is 12.1 Å². The zero-order valence-corrected chi connectivity index (χ0v) is 17.3. The third kappa shape index (κ3) is 4.12. The van der Waals surface area contributed by atoms with Crippen molar-refractivity contribution in [3.63, 3.8) is 0 Å². The number of rotatable bonds is 3. The molecule has 9 heteroatoms. The Hall–Kier alpha value is -1.25. The lowest BCUT2D eigenvalue weighted by Gasteiger charge is -2.34. The van der Waals surface area contributed by atoms with Gasteiger partial charge in [0.1, 0.15) is 6.04 Å². The lowest BCUT2D eigenvalue weighted by atomic mass is 9.89. The Bertz CT molecular complexity index is 678. The predicted molar refractivity (Wildman–Crippen MR) is 108 cm³/mol. The summed E-state index contributed by atoms with van der Waals surface area (Å²) in [7, 11) is 1.90. The minimum atomic E-state index is -0.263. The maximum atomic E-state index is 13.3. The highest BCUT2D eigenvalue weighted by Crippen LogP contribution is 2.32. The summed E-state index contributed by atoms with van der Waals surface area (Å²) in [5.41, 5.74) is 1.10. The first-order valence-electron chi connectivity index (χ1n) is 9.51. The molecule has 3 fully saturated rings. The van der Waals surface area contributed by atoms with Crippen molar-refractivity contribution in [2.24, 2.45) is 13.0 Å². The van der Waals surface area contributed by atoms with Gasteiger partial charge in [-0.2, -0.15) is 16.9 Å². The van der Waals surface area contributed by atoms with E-state index in [1.807, 2.05) is 41.0 Å². The Labute approximate surface area is 170 Å². The molecule has 1 aromatic heterocycles. The third-order valence-electron chi connectivity index (χ3n) is 5.83. The number of aryl methyl sites for hydroxylation is 1. The number of carbonyl (C=O) groups is 2. The highest BCUT2D eigenvalue weighted by molar-refractivity contribution is 7.99. The van der Waals surface area contributed by atoms with Crippen LogP contribution in [0, 0.1) is 5.92 Å². The zero-order chi connectivity index (χ0) is 18.1. The van der Waals surface area contributed by atoms with E-state index in [4.69, 9.17) is 0 Å². The number of amides is 2. The molecule has 1 N–H and O–H groups in total. The Morgan fingerprint density at radius 2 is 1.96 bits per heavy atom. The van der Waals surface area contributed by atoms with Crippen molar-refractivity contribution in [1.82, 2.24) is 24.9 Å². The van der Waals surface area contributed by atoms with E-state index in [9.17, 15) is 9.59 Å². The quantitative estimate of drug-likeness (QED) is 0.790. The monoisotopic (exact) mass is 413 g/mol. The molecule has 1 aromatic rings. The van der Waals surface area contributed by atoms with Gasteiger partial charge in [0.15, 0.2) is 0 Å². The van der Waals surface area contributed by atoms with Crippen molar-refractivity contribution in [3.8, 4) is 0 Å². The molecule has 4 heterocycles. The van der Waals surface area contributed by atoms with Crippen molar-refractivity contribution in [2.45, 2.75) is 24.8 Å². The highest BCUT2D eigenvalue weighted by atomic mass is 35.5. The molecule has 4 rings (SSSR count). The van der Waals surface area contributed by atoms with Crippen molar-refractivity contribution in [2.75, 3.05) is 44.2 Å². The summed E-state index contributed by atoms with van der Waals surface area (Å²) in [6.45, 7) is 3.79. The number of carbonyl (C=O) groups excluding carboxylic acids is 2. The first-order valence-corrected chi connectivity index (χ1v) is 10.7. The van der Waals surface area contributed by atoms with Crippen LogP contribution in [0.1, 0.15) is 24.3 Å². The molecular weight excluding hydrogens is 386 g/mol. The van der Waals surface area contributed by atoms with Crippen LogP contribution in [0.25, 0.3) is 0 Å². The molecule has 150 valence electrons. The fourth-order valence-electron chi connectivity index (χ4n) is 4.41. The molecule has 3 atom stereocenters. The SMILES string of the molecule is Cl.Cn1cc([C@H]2CNC[C@@H]2C(=O)N2CCCC2C(=O)N2CCSCC2)cn1. The summed E-state index contributed by atoms with van der Waals surface area (Å²) in [5, 5.41) is 7.62. The molecule has 3 aliphatic rings. The molecule has 0 aromatic carbocycles. The van der Waals surface area contributed by atoms with Crippen LogP contribution in [0.3, 0.4) is 0 Å². The number of aromatic nitrogens is 2. The van der Waals surface area contributed by atoms with E-state index in [-0.39, 0.29) is 42.1 Å². The Kier molecular flexibility index (Phi) is 6.70. The van der Waals surface area contributed by atoms with Crippen molar-refractivity contribution in [3.05, 3.63) is 18.0 Å². The van der Waals surface area contributed by atoms with E-state index in [1.165, 1.54) is 0 Å². The number of hydrogen-bond donors (Lipinski definition) is 1. The summed E-state index contributed by atoms with van der Waals surface area (Å²) in [5.74, 6) is 2.32. The van der Waals surface area contributed by atoms with Crippen molar-refractivity contribution >= 4 is 36.0 Å². The first kappa shape index (κ1) is 20.5. The van der Waals surface area contributed by atoms with Gasteiger partial charge in [-0.25, -0.2) is 0 Å². The van der Waals surface area contributed by atoms with Crippen LogP contribution < -0.4 is 5.32 Å². The summed E-state index contributed by atoms with van der Waals surface area (Å²) >= 11 is 1.90. The number of nitrogens with zero attached hydrogens (tertiary/aromatic N) is 4. The third-order valence-corrected chi connectivity index (χ3v) is 6.77. The zero-order valence-electron chi connectivity index (χ0n) is 15.7. The van der Waals surface area contributed by atoms with E-state index in [0.717, 1.165) is 49.5 Å². The average Bonchev–Trinajstić information content (AvgIpc) is 3.41. The predicted octanol–water partition coefficient (Wildman–Crippen LogP) is 0.711. The van der Waals surface area contributed by atoms with Gasteiger partial charge in [-0.1, -0.05) is 0 Å². The summed E-state index contributed by atoms with van der Waals surface area (Å²) in [6, 6.07) is -0.263. The van der Waals surface area contributed by atoms with E-state index < -0.39 is 0 Å². The normalized spacial score (nSPS) is 28.3. The Balaban J connectivity index is 0.00000210. The molecule has 0 aliphatic carbocycles. The van der Waals surface area contributed by atoms with Crippen LogP contribution in [0.4, 0.5) is 0 Å². The fourth-order valence-corrected chi connectivity index (χ4v) is 5.32. The second kappa shape index (κ2) is 8.84. The second-order valence-corrected chi connectivity index (χ2v) is 8.67. The number of halogens is 1. The molecule has 1 unspecified atom stereocenters. The summed E-state index contributed by atoms with van der Waals surface area (Å²) < 4.78 is 1.78. The topological polar surface area (TPSA) is 70.5 Å². The van der Waals surface area contributed by atoms with E-state index in [1.54, 1.807) is 4.68 Å². The standard InChI is InChI=1S/C18H27N5O2S.ClH/c1-21-12-13(9-20-21)14-10-19-11-15(14)17(24)23-4-2-3-16(23)18(25)22-5-7-26-8-6-22;/h9,12,14-16,19H,2-8,10-11H2,1H3;1H/t14-,15+,16?;/m1./s1. The van der Waals surface area contributed by atoms with Crippen LogP contribution in [0.5, 0.6) is 0 Å². The van der Waals surface area contributed by atoms with Gasteiger partial charge in [-0.05, 0) is 18.4 Å². The molecule has 3 saturated heterocycles. The lowest BCUT2D eigenvalue weighted by molar-refractivity contribution is -0.145. The van der Waals surface area contributed by atoms with Crippen LogP contribution in [-0.2, 0) is 16.6 Å². The van der Waals surface area contributed by atoms with Crippen LogP contribution in [0.15, 0.2) is 12.4 Å². The number of thioether (sulfide) groups is 1. The molecule has 0 bridgehead atoms. The van der Waals surface area contributed by atoms with Gasteiger partial charge in [0.2, 0.25) is 11.8 Å². The Morgan fingerprint density at radius 1 is 1.19 bits per heavy atom. The average molecular weight is 414 g/mol. The molecule has 7 nitrogen and oxygen atoms in total. The number of nitrogens with one attached hydrogen (secondary N) is 1. The molecule has 2 amide bonds. The lowest BCUT2D eigenvalue weighted by Crippen LogP contribution is -2.51. The maximum Gasteiger partial charge on any atom is 0.245 e. The minimum absolute atomic E-state index is 0. The molecular formula is C18H28ClN5O2S. The largest absolute Gasteiger partial charge is 0.339 e. The van der Waals surface area contributed by atoms with Crippen LogP contribution in [0.2, 0.25) is 0 Å². The van der Waals surface area contributed by atoms with E-state index in [0.29, 0.717) is 13.1 Å². The van der Waals surface area contributed by atoms with Crippen molar-refractivity contribution in [1.29, 1.82) is 0 Å². The molecule has 0 radical (unpaired) electrons. The minimum Gasteiger partial charge on any atom is -0.339 e. The molecule has 3 aliphatic heterocycles. The fraction of sp³-hybridized carbons (Fsp3) is 0.722. The first-order chi connectivity index (χ1) is 12.6. The van der Waals surface area contributed by atoms with Crippen LogP contribution in [-0.4, -0.2) is 81.7 Å². The van der Waals surface area contributed by atoms with Crippen molar-refractivity contribution < 1.29 is 9.59 Å². The molecule has 0 spiro atoms.